The van der Waals surface area contributed by atoms with Gasteiger partial charge < -0.3 is 5.11 Å². The van der Waals surface area contributed by atoms with Crippen molar-refractivity contribution < 1.29 is 26.7 Å². The molecule has 0 radical (unpaired) electrons. The summed E-state index contributed by atoms with van der Waals surface area (Å²) in [7, 11) is -3.79. The molecule has 0 unspecified atom stereocenters. The van der Waals surface area contributed by atoms with E-state index >= 15 is 0 Å². The number of rotatable bonds is 5. The highest BCUT2D eigenvalue weighted by Crippen LogP contribution is 2.36. The molecule has 0 saturated heterocycles. The quantitative estimate of drug-likeness (QED) is 0.629. The monoisotopic (exact) mass is 385 g/mol. The standard InChI is InChI=1S/C16H14F3N3O3S/c17-16(18,19)11-7-13(14-9-20-22-15(14)8-11)10-1-3-12(4-2-10)26(24,25)21-5-6-23/h1-4,7-9,21,23H,5-6H2,(H,20,22). The molecule has 0 aliphatic heterocycles. The van der Waals surface area contributed by atoms with Gasteiger partial charge in [0.1, 0.15) is 0 Å². The van der Waals surface area contributed by atoms with Crippen LogP contribution in [0.15, 0.2) is 47.5 Å². The Morgan fingerprint density at radius 1 is 1.15 bits per heavy atom. The Morgan fingerprint density at radius 3 is 2.46 bits per heavy atom. The molecule has 26 heavy (non-hydrogen) atoms. The van der Waals surface area contributed by atoms with Gasteiger partial charge in [0.2, 0.25) is 10.0 Å². The average molecular weight is 385 g/mol. The van der Waals surface area contributed by atoms with Gasteiger partial charge >= 0.3 is 6.18 Å². The van der Waals surface area contributed by atoms with Crippen molar-refractivity contribution in [3.05, 3.63) is 48.2 Å². The highest BCUT2D eigenvalue weighted by atomic mass is 32.2. The second-order valence-electron chi connectivity index (χ2n) is 5.50. The van der Waals surface area contributed by atoms with Crippen LogP contribution in [0.5, 0.6) is 0 Å². The predicted octanol–water partition coefficient (Wildman–Crippen LogP) is 2.52. The lowest BCUT2D eigenvalue weighted by Gasteiger charge is -2.11. The van der Waals surface area contributed by atoms with Crippen LogP contribution in [0, 0.1) is 0 Å². The number of H-pyrrole nitrogens is 1. The van der Waals surface area contributed by atoms with E-state index in [1.807, 2.05) is 0 Å². The van der Waals surface area contributed by atoms with Crippen LogP contribution in [-0.2, 0) is 16.2 Å². The minimum absolute atomic E-state index is 0.0508. The fourth-order valence-electron chi connectivity index (χ4n) is 2.53. The van der Waals surface area contributed by atoms with Crippen molar-refractivity contribution >= 4 is 20.9 Å². The lowest BCUT2D eigenvalue weighted by Crippen LogP contribution is -2.26. The Labute approximate surface area is 146 Å². The highest BCUT2D eigenvalue weighted by molar-refractivity contribution is 7.89. The van der Waals surface area contributed by atoms with Crippen LogP contribution in [0.3, 0.4) is 0 Å². The molecule has 0 aliphatic rings. The van der Waals surface area contributed by atoms with Crippen LogP contribution in [0.4, 0.5) is 13.2 Å². The van der Waals surface area contributed by atoms with Crippen molar-refractivity contribution in [2.75, 3.05) is 13.2 Å². The van der Waals surface area contributed by atoms with Gasteiger partial charge in [0.05, 0.1) is 28.8 Å². The maximum Gasteiger partial charge on any atom is 0.416 e. The first-order valence-corrected chi connectivity index (χ1v) is 8.96. The van der Waals surface area contributed by atoms with Crippen LogP contribution in [0.1, 0.15) is 5.56 Å². The summed E-state index contributed by atoms with van der Waals surface area (Å²) in [5.41, 5.74) is 0.112. The summed E-state index contributed by atoms with van der Waals surface area (Å²) in [6, 6.07) is 7.42. The molecular weight excluding hydrogens is 371 g/mol. The van der Waals surface area contributed by atoms with Gasteiger partial charge in [0, 0.05) is 11.9 Å². The van der Waals surface area contributed by atoms with Crippen LogP contribution < -0.4 is 4.72 Å². The smallest absolute Gasteiger partial charge is 0.395 e. The van der Waals surface area contributed by atoms with Crippen molar-refractivity contribution in [3.63, 3.8) is 0 Å². The Hall–Kier alpha value is -2.43. The fraction of sp³-hybridized carbons (Fsp3) is 0.188. The molecule has 0 saturated carbocycles. The molecule has 6 nitrogen and oxygen atoms in total. The van der Waals surface area contributed by atoms with Crippen molar-refractivity contribution in [1.82, 2.24) is 14.9 Å². The van der Waals surface area contributed by atoms with E-state index in [0.717, 1.165) is 12.1 Å². The number of aromatic amines is 1. The molecule has 0 spiro atoms. The SMILES string of the molecule is O=S(=O)(NCCO)c1ccc(-c2cc(C(F)(F)F)cc3[nH]ncc23)cc1. The molecule has 3 aromatic rings. The molecular formula is C16H14F3N3O3S. The second-order valence-corrected chi connectivity index (χ2v) is 7.27. The van der Waals surface area contributed by atoms with E-state index < -0.39 is 21.8 Å². The summed E-state index contributed by atoms with van der Waals surface area (Å²) in [5, 5.41) is 15.5. The molecule has 2 aromatic carbocycles. The van der Waals surface area contributed by atoms with E-state index in [9.17, 15) is 21.6 Å². The molecule has 0 fully saturated rings. The van der Waals surface area contributed by atoms with Gasteiger partial charge in [-0.1, -0.05) is 12.1 Å². The Bertz CT molecular complexity index is 1030. The number of aliphatic hydroxyl groups is 1. The number of sulfonamides is 1. The number of halogens is 3. The van der Waals surface area contributed by atoms with Gasteiger partial charge in [0.25, 0.3) is 0 Å². The van der Waals surface area contributed by atoms with Gasteiger partial charge in [-0.2, -0.15) is 18.3 Å². The van der Waals surface area contributed by atoms with Crippen molar-refractivity contribution in [1.29, 1.82) is 0 Å². The molecule has 138 valence electrons. The van der Waals surface area contributed by atoms with E-state index in [4.69, 9.17) is 5.11 Å². The lowest BCUT2D eigenvalue weighted by molar-refractivity contribution is -0.137. The molecule has 1 heterocycles. The Kier molecular flexibility index (Phi) is 4.74. The summed E-state index contributed by atoms with van der Waals surface area (Å²) >= 11 is 0. The largest absolute Gasteiger partial charge is 0.416 e. The average Bonchev–Trinajstić information content (AvgIpc) is 3.07. The highest BCUT2D eigenvalue weighted by Gasteiger charge is 2.31. The van der Waals surface area contributed by atoms with Crippen LogP contribution >= 0.6 is 0 Å². The minimum atomic E-state index is -4.52. The predicted molar refractivity (Wildman–Crippen MR) is 88.8 cm³/mol. The normalized spacial score (nSPS) is 12.6. The number of nitrogens with zero attached hydrogens (tertiary/aromatic N) is 1. The fourth-order valence-corrected chi connectivity index (χ4v) is 3.55. The molecule has 3 rings (SSSR count). The van der Waals surface area contributed by atoms with Gasteiger partial charge in [-0.15, -0.1) is 0 Å². The first-order valence-electron chi connectivity index (χ1n) is 7.47. The van der Waals surface area contributed by atoms with E-state index in [2.05, 4.69) is 14.9 Å². The molecule has 0 bridgehead atoms. The zero-order valence-electron chi connectivity index (χ0n) is 13.2. The second kappa shape index (κ2) is 6.71. The molecule has 0 atom stereocenters. The van der Waals surface area contributed by atoms with Gasteiger partial charge in [-0.25, -0.2) is 13.1 Å². The van der Waals surface area contributed by atoms with Crippen LogP contribution in [0.2, 0.25) is 0 Å². The summed E-state index contributed by atoms with van der Waals surface area (Å²) < 4.78 is 65.6. The Balaban J connectivity index is 2.06. The van der Waals surface area contributed by atoms with Crippen LogP contribution in [0.25, 0.3) is 22.0 Å². The molecule has 1 aromatic heterocycles. The van der Waals surface area contributed by atoms with Crippen molar-refractivity contribution in [2.45, 2.75) is 11.1 Å². The molecule has 0 amide bonds. The number of fused-ring (bicyclic) bond motifs is 1. The van der Waals surface area contributed by atoms with E-state index in [1.54, 1.807) is 0 Å². The minimum Gasteiger partial charge on any atom is -0.395 e. The number of alkyl halides is 3. The summed E-state index contributed by atoms with van der Waals surface area (Å²) in [6.07, 6.45) is -3.11. The number of hydrogen-bond donors (Lipinski definition) is 3. The number of nitrogens with one attached hydrogen (secondary N) is 2. The van der Waals surface area contributed by atoms with Gasteiger partial charge in [-0.3, -0.25) is 5.10 Å². The van der Waals surface area contributed by atoms with Crippen LogP contribution in [-0.4, -0.2) is 36.9 Å². The Morgan fingerprint density at radius 2 is 1.85 bits per heavy atom. The third-order valence-corrected chi connectivity index (χ3v) is 5.24. The number of aromatic nitrogens is 2. The topological polar surface area (TPSA) is 95.1 Å². The maximum atomic E-state index is 13.1. The van der Waals surface area contributed by atoms with E-state index in [0.29, 0.717) is 10.9 Å². The molecule has 3 N–H and O–H groups in total. The van der Waals surface area contributed by atoms with Gasteiger partial charge in [0.15, 0.2) is 0 Å². The molecule has 10 heteroatoms. The number of hydrogen-bond acceptors (Lipinski definition) is 4. The zero-order valence-corrected chi connectivity index (χ0v) is 14.0. The summed E-state index contributed by atoms with van der Waals surface area (Å²) in [6.45, 7) is -0.479. The molecule has 0 aliphatic carbocycles. The van der Waals surface area contributed by atoms with E-state index in [-0.39, 0.29) is 29.1 Å². The maximum absolute atomic E-state index is 13.1. The van der Waals surface area contributed by atoms with Gasteiger partial charge in [-0.05, 0) is 35.4 Å². The number of aliphatic hydroxyl groups excluding tert-OH is 1. The first kappa shape index (κ1) is 18.4. The third-order valence-electron chi connectivity index (χ3n) is 3.77. The van der Waals surface area contributed by atoms with E-state index in [1.165, 1.54) is 30.5 Å². The summed E-state index contributed by atoms with van der Waals surface area (Å²) in [5.74, 6) is 0. The first-order chi connectivity index (χ1) is 12.2. The van der Waals surface area contributed by atoms with Crippen molar-refractivity contribution in [3.8, 4) is 11.1 Å². The van der Waals surface area contributed by atoms with Crippen molar-refractivity contribution in [2.24, 2.45) is 0 Å². The third kappa shape index (κ3) is 3.57. The zero-order chi connectivity index (χ0) is 18.9. The number of benzene rings is 2. The summed E-state index contributed by atoms with van der Waals surface area (Å²) in [4.78, 5) is -0.0508. The lowest BCUT2D eigenvalue weighted by atomic mass is 9.99.